The summed E-state index contributed by atoms with van der Waals surface area (Å²) in [5.41, 5.74) is 0.158. The Morgan fingerprint density at radius 1 is 1.35 bits per heavy atom. The molecule has 0 N–H and O–H groups in total. The topological polar surface area (TPSA) is 37.8 Å². The van der Waals surface area contributed by atoms with Gasteiger partial charge >= 0.3 is 0 Å². The lowest BCUT2D eigenvalue weighted by atomic mass is 9.96. The summed E-state index contributed by atoms with van der Waals surface area (Å²) in [4.78, 5) is 9.88. The van der Waals surface area contributed by atoms with E-state index in [0.29, 0.717) is 6.54 Å². The summed E-state index contributed by atoms with van der Waals surface area (Å²) in [5.74, 6) is 0. The van der Waals surface area contributed by atoms with Gasteiger partial charge in [0.25, 0.3) is 0 Å². The molecule has 23 heavy (non-hydrogen) atoms. The molecule has 1 aromatic heterocycles. The highest BCUT2D eigenvalue weighted by Gasteiger charge is 2.42. The van der Waals surface area contributed by atoms with E-state index in [1.807, 2.05) is 18.2 Å². The lowest BCUT2D eigenvalue weighted by Gasteiger charge is -2.41. The standard InChI is InChI=1S/C17H27N3O2S/c1-4-20(5-2)16(23)17(21-3,15-8-6-7-9-18-15)14-19-10-12-22-13-11-19/h6-9H,4-5,10-14H2,1-3H3. The van der Waals surface area contributed by atoms with Crippen LogP contribution in [-0.2, 0) is 15.1 Å². The number of methoxy groups -OCH3 is 1. The number of hydrogen-bond donors (Lipinski definition) is 0. The van der Waals surface area contributed by atoms with Gasteiger partial charge in [0, 0.05) is 46.0 Å². The highest BCUT2D eigenvalue weighted by molar-refractivity contribution is 7.80. The molecule has 1 unspecified atom stereocenters. The number of aromatic nitrogens is 1. The van der Waals surface area contributed by atoms with E-state index in [2.05, 4.69) is 28.6 Å². The Morgan fingerprint density at radius 2 is 2.04 bits per heavy atom. The van der Waals surface area contributed by atoms with E-state index in [-0.39, 0.29) is 0 Å². The molecule has 1 aliphatic rings. The molecule has 2 heterocycles. The first kappa shape index (κ1) is 18.3. The normalized spacial score (nSPS) is 18.4. The maximum atomic E-state index is 6.05. The molecule has 128 valence electrons. The number of likely N-dealkylation sites (N-methyl/N-ethyl adjacent to an activating group) is 1. The van der Waals surface area contributed by atoms with E-state index in [1.165, 1.54) is 0 Å². The van der Waals surface area contributed by atoms with Crippen molar-refractivity contribution in [3.63, 3.8) is 0 Å². The van der Waals surface area contributed by atoms with Gasteiger partial charge in [-0.2, -0.15) is 0 Å². The van der Waals surface area contributed by atoms with E-state index in [4.69, 9.17) is 21.7 Å². The average Bonchev–Trinajstić information content (AvgIpc) is 2.62. The molecule has 1 atom stereocenters. The first-order valence-corrected chi connectivity index (χ1v) is 8.65. The first-order chi connectivity index (χ1) is 11.2. The van der Waals surface area contributed by atoms with Gasteiger partial charge in [0.2, 0.25) is 0 Å². The molecule has 2 rings (SSSR count). The summed E-state index contributed by atoms with van der Waals surface area (Å²) in [6.07, 6.45) is 1.80. The predicted octanol–water partition coefficient (Wildman–Crippen LogP) is 1.92. The Bertz CT molecular complexity index is 490. The van der Waals surface area contributed by atoms with Crippen LogP contribution in [0.2, 0.25) is 0 Å². The molecule has 0 bridgehead atoms. The molecule has 1 saturated heterocycles. The number of hydrogen-bond acceptors (Lipinski definition) is 5. The largest absolute Gasteiger partial charge is 0.379 e. The summed E-state index contributed by atoms with van der Waals surface area (Å²) >= 11 is 5.86. The van der Waals surface area contributed by atoms with E-state index in [0.717, 1.165) is 50.1 Å². The Hall–Kier alpha value is -1.08. The molecule has 0 amide bonds. The van der Waals surface area contributed by atoms with E-state index in [1.54, 1.807) is 13.3 Å². The van der Waals surface area contributed by atoms with Gasteiger partial charge in [-0.1, -0.05) is 18.3 Å². The van der Waals surface area contributed by atoms with Gasteiger partial charge in [0.05, 0.1) is 18.9 Å². The van der Waals surface area contributed by atoms with Crippen LogP contribution in [-0.4, -0.2) is 72.8 Å². The Kier molecular flexibility index (Phi) is 6.89. The van der Waals surface area contributed by atoms with Crippen LogP contribution >= 0.6 is 12.2 Å². The SMILES string of the molecule is CCN(CC)C(=S)C(CN1CCOCC1)(OC)c1ccccn1. The van der Waals surface area contributed by atoms with Crippen LogP contribution in [0.5, 0.6) is 0 Å². The summed E-state index contributed by atoms with van der Waals surface area (Å²) in [6.45, 7) is 9.91. The van der Waals surface area contributed by atoms with Crippen LogP contribution in [0.25, 0.3) is 0 Å². The van der Waals surface area contributed by atoms with Gasteiger partial charge in [0.15, 0.2) is 5.60 Å². The van der Waals surface area contributed by atoms with Crippen LogP contribution in [0, 0.1) is 0 Å². The molecular weight excluding hydrogens is 310 g/mol. The van der Waals surface area contributed by atoms with Gasteiger partial charge in [-0.3, -0.25) is 9.88 Å². The van der Waals surface area contributed by atoms with Crippen LogP contribution in [0.1, 0.15) is 19.5 Å². The van der Waals surface area contributed by atoms with Gasteiger partial charge < -0.3 is 14.4 Å². The van der Waals surface area contributed by atoms with E-state index >= 15 is 0 Å². The average molecular weight is 337 g/mol. The highest BCUT2D eigenvalue weighted by atomic mass is 32.1. The molecule has 0 aliphatic carbocycles. The van der Waals surface area contributed by atoms with Crippen LogP contribution < -0.4 is 0 Å². The minimum Gasteiger partial charge on any atom is -0.379 e. The number of nitrogens with zero attached hydrogens (tertiary/aromatic N) is 3. The van der Waals surface area contributed by atoms with Crippen molar-refractivity contribution in [3.8, 4) is 0 Å². The maximum Gasteiger partial charge on any atom is 0.172 e. The molecular formula is C17H27N3O2S. The second kappa shape index (κ2) is 8.68. The highest BCUT2D eigenvalue weighted by Crippen LogP contribution is 2.29. The van der Waals surface area contributed by atoms with Crippen molar-refractivity contribution in [3.05, 3.63) is 30.1 Å². The van der Waals surface area contributed by atoms with Gasteiger partial charge in [-0.05, 0) is 26.0 Å². The van der Waals surface area contributed by atoms with E-state index < -0.39 is 5.60 Å². The van der Waals surface area contributed by atoms with Gasteiger partial charge in [0.1, 0.15) is 4.99 Å². The third-order valence-electron chi connectivity index (χ3n) is 4.37. The smallest absolute Gasteiger partial charge is 0.172 e. The molecule has 0 radical (unpaired) electrons. The number of pyridine rings is 1. The summed E-state index contributed by atoms with van der Waals surface area (Å²) in [6, 6.07) is 5.90. The lowest BCUT2D eigenvalue weighted by Crippen LogP contribution is -2.55. The van der Waals surface area contributed by atoms with E-state index in [9.17, 15) is 0 Å². The van der Waals surface area contributed by atoms with Crippen LogP contribution in [0.4, 0.5) is 0 Å². The number of thiocarbonyl (C=S) groups is 1. The fourth-order valence-electron chi connectivity index (χ4n) is 2.96. The van der Waals surface area contributed by atoms with Crippen molar-refractivity contribution >= 4 is 17.2 Å². The fraction of sp³-hybridized carbons (Fsp3) is 0.647. The Labute approximate surface area is 144 Å². The summed E-state index contributed by atoms with van der Waals surface area (Å²) < 4.78 is 11.5. The van der Waals surface area contributed by atoms with Crippen LogP contribution in [0.3, 0.4) is 0 Å². The zero-order valence-corrected chi connectivity index (χ0v) is 15.1. The third kappa shape index (κ3) is 4.07. The molecule has 5 nitrogen and oxygen atoms in total. The zero-order valence-electron chi connectivity index (χ0n) is 14.3. The molecule has 0 aromatic carbocycles. The number of ether oxygens (including phenoxy) is 2. The summed E-state index contributed by atoms with van der Waals surface area (Å²) in [5, 5.41) is 0. The lowest BCUT2D eigenvalue weighted by molar-refractivity contribution is -0.0288. The number of rotatable bonds is 7. The van der Waals surface area contributed by atoms with Crippen LogP contribution in [0.15, 0.2) is 24.4 Å². The third-order valence-corrected chi connectivity index (χ3v) is 4.96. The maximum absolute atomic E-state index is 6.05. The van der Waals surface area contributed by atoms with Crippen molar-refractivity contribution in [2.75, 3.05) is 53.0 Å². The van der Waals surface area contributed by atoms with Gasteiger partial charge in [-0.15, -0.1) is 0 Å². The molecule has 1 aliphatic heterocycles. The molecule has 6 heteroatoms. The Morgan fingerprint density at radius 3 is 2.57 bits per heavy atom. The molecule has 0 saturated carbocycles. The monoisotopic (exact) mass is 337 g/mol. The molecule has 0 spiro atoms. The molecule has 1 fully saturated rings. The fourth-order valence-corrected chi connectivity index (χ4v) is 3.47. The van der Waals surface area contributed by atoms with Gasteiger partial charge in [-0.25, -0.2) is 0 Å². The molecule has 1 aromatic rings. The second-order valence-corrected chi connectivity index (χ2v) is 6.00. The predicted molar refractivity (Wildman–Crippen MR) is 95.7 cm³/mol. The van der Waals surface area contributed by atoms with Crippen molar-refractivity contribution in [2.24, 2.45) is 0 Å². The Balaban J connectivity index is 2.37. The summed E-state index contributed by atoms with van der Waals surface area (Å²) in [7, 11) is 1.73. The quantitative estimate of drug-likeness (QED) is 0.708. The van der Waals surface area contributed by atoms with Crippen molar-refractivity contribution in [1.29, 1.82) is 0 Å². The first-order valence-electron chi connectivity index (χ1n) is 8.24. The minimum atomic E-state index is -0.708. The minimum absolute atomic E-state index is 0.694. The van der Waals surface area contributed by atoms with Crippen molar-refractivity contribution in [2.45, 2.75) is 19.4 Å². The second-order valence-electron chi connectivity index (χ2n) is 5.61. The van der Waals surface area contributed by atoms with Crippen molar-refractivity contribution < 1.29 is 9.47 Å². The van der Waals surface area contributed by atoms with Crippen molar-refractivity contribution in [1.82, 2.24) is 14.8 Å². The number of morpholine rings is 1. The zero-order chi connectivity index (χ0) is 16.7.